The number of nitrogens with zero attached hydrogens (tertiary/aromatic N) is 6. The normalized spacial score (nSPS) is 14.2. The molecule has 0 unspecified atom stereocenters. The zero-order chi connectivity index (χ0) is 25.1. The monoisotopic (exact) mass is 483 g/mol. The Kier molecular flexibility index (Phi) is 6.84. The smallest absolute Gasteiger partial charge is 0.321 e. The molecule has 8 heteroatoms. The van der Waals surface area contributed by atoms with E-state index in [1.54, 1.807) is 0 Å². The molecule has 0 atom stereocenters. The van der Waals surface area contributed by atoms with Crippen LogP contribution in [0.4, 0.5) is 16.3 Å². The van der Waals surface area contributed by atoms with E-state index in [4.69, 9.17) is 15.1 Å². The summed E-state index contributed by atoms with van der Waals surface area (Å²) in [5.41, 5.74) is 4.68. The maximum absolute atomic E-state index is 13.0. The van der Waals surface area contributed by atoms with Crippen LogP contribution in [0.2, 0.25) is 0 Å². The van der Waals surface area contributed by atoms with Gasteiger partial charge in [0.1, 0.15) is 11.6 Å². The predicted molar refractivity (Wildman–Crippen MR) is 144 cm³/mol. The zero-order valence-electron chi connectivity index (χ0n) is 21.2. The van der Waals surface area contributed by atoms with Crippen molar-refractivity contribution in [2.45, 2.75) is 40.0 Å². The fourth-order valence-corrected chi connectivity index (χ4v) is 4.78. The lowest BCUT2D eigenvalue weighted by Crippen LogP contribution is -2.38. The van der Waals surface area contributed by atoms with Crippen LogP contribution in [0.25, 0.3) is 16.7 Å². The van der Waals surface area contributed by atoms with Crippen LogP contribution in [-0.2, 0) is 6.42 Å². The largest absolute Gasteiger partial charge is 0.354 e. The molecular weight excluding hydrogens is 450 g/mol. The molecule has 4 aromatic rings. The molecule has 36 heavy (non-hydrogen) atoms. The van der Waals surface area contributed by atoms with E-state index in [2.05, 4.69) is 17.1 Å². The van der Waals surface area contributed by atoms with Crippen molar-refractivity contribution in [3.8, 4) is 5.69 Å². The molecule has 0 saturated carbocycles. The molecule has 0 spiro atoms. The highest BCUT2D eigenvalue weighted by atomic mass is 16.2. The van der Waals surface area contributed by atoms with Gasteiger partial charge >= 0.3 is 6.03 Å². The molecule has 5 rings (SSSR count). The number of aryl methyl sites for hydroxylation is 3. The molecule has 186 valence electrons. The number of benzene rings is 2. The SMILES string of the molecule is CCCc1nc(N2CCCN(C(=O)Nc3cccc(C)c3)CC2)c2c(C)nn(-c3ccccc3)c2n1. The Balaban J connectivity index is 1.43. The molecule has 2 aromatic heterocycles. The van der Waals surface area contributed by atoms with Gasteiger partial charge in [-0.3, -0.25) is 0 Å². The Hall–Kier alpha value is -3.94. The van der Waals surface area contributed by atoms with Crippen molar-refractivity contribution in [1.29, 1.82) is 0 Å². The molecule has 1 saturated heterocycles. The summed E-state index contributed by atoms with van der Waals surface area (Å²) in [6.45, 7) is 9.04. The quantitative estimate of drug-likeness (QED) is 0.426. The number of urea groups is 1. The van der Waals surface area contributed by atoms with Gasteiger partial charge in [0, 0.05) is 38.3 Å². The maximum Gasteiger partial charge on any atom is 0.321 e. The summed E-state index contributed by atoms with van der Waals surface area (Å²) in [5, 5.41) is 8.88. The van der Waals surface area contributed by atoms with Gasteiger partial charge in [0.05, 0.1) is 16.8 Å². The molecule has 1 N–H and O–H groups in total. The number of fused-ring (bicyclic) bond motifs is 1. The lowest BCUT2D eigenvalue weighted by Gasteiger charge is -2.24. The minimum atomic E-state index is -0.0602. The second kappa shape index (κ2) is 10.4. The van der Waals surface area contributed by atoms with Crippen LogP contribution in [0.15, 0.2) is 54.6 Å². The number of amides is 2. The van der Waals surface area contributed by atoms with Crippen LogP contribution in [0.1, 0.15) is 36.8 Å². The first-order valence-electron chi connectivity index (χ1n) is 12.7. The van der Waals surface area contributed by atoms with Crippen LogP contribution < -0.4 is 10.2 Å². The standard InChI is InChI=1S/C28H33N7O/c1-4-10-24-30-26(25-21(3)32-35(27(25)31-24)23-13-6-5-7-14-23)33-15-9-16-34(18-17-33)28(36)29-22-12-8-11-20(2)19-22/h5-8,11-14,19H,4,9-10,15-18H2,1-3H3,(H,29,36). The van der Waals surface area contributed by atoms with Gasteiger partial charge in [-0.05, 0) is 56.5 Å². The molecule has 8 nitrogen and oxygen atoms in total. The van der Waals surface area contributed by atoms with Crippen molar-refractivity contribution in [3.05, 3.63) is 71.7 Å². The number of hydrogen-bond donors (Lipinski definition) is 1. The molecule has 2 aromatic carbocycles. The molecule has 1 aliphatic heterocycles. The van der Waals surface area contributed by atoms with Gasteiger partial charge in [0.2, 0.25) is 0 Å². The van der Waals surface area contributed by atoms with Crippen LogP contribution >= 0.6 is 0 Å². The minimum Gasteiger partial charge on any atom is -0.354 e. The maximum atomic E-state index is 13.0. The number of hydrogen-bond acceptors (Lipinski definition) is 5. The van der Waals surface area contributed by atoms with E-state index >= 15 is 0 Å². The molecule has 0 bridgehead atoms. The summed E-state index contributed by atoms with van der Waals surface area (Å²) in [5.74, 6) is 1.75. The van der Waals surface area contributed by atoms with E-state index in [-0.39, 0.29) is 6.03 Å². The predicted octanol–water partition coefficient (Wildman–Crippen LogP) is 5.13. The third-order valence-electron chi connectivity index (χ3n) is 6.56. The number of anilines is 2. The van der Waals surface area contributed by atoms with Crippen molar-refractivity contribution >= 4 is 28.6 Å². The Labute approximate surface area is 212 Å². The fourth-order valence-electron chi connectivity index (χ4n) is 4.78. The summed E-state index contributed by atoms with van der Waals surface area (Å²) in [7, 11) is 0. The van der Waals surface area contributed by atoms with Gasteiger partial charge in [-0.15, -0.1) is 0 Å². The Bertz CT molecular complexity index is 1370. The highest BCUT2D eigenvalue weighted by molar-refractivity contribution is 5.91. The first-order valence-corrected chi connectivity index (χ1v) is 12.7. The molecule has 0 radical (unpaired) electrons. The third-order valence-corrected chi connectivity index (χ3v) is 6.56. The van der Waals surface area contributed by atoms with Gasteiger partial charge in [0.25, 0.3) is 0 Å². The second-order valence-electron chi connectivity index (χ2n) is 9.37. The summed E-state index contributed by atoms with van der Waals surface area (Å²) >= 11 is 0. The summed E-state index contributed by atoms with van der Waals surface area (Å²) in [6.07, 6.45) is 2.64. The number of carbonyl (C=O) groups excluding carboxylic acids is 1. The molecule has 1 fully saturated rings. The van der Waals surface area contributed by atoms with Crippen molar-refractivity contribution < 1.29 is 4.79 Å². The average Bonchev–Trinajstić information content (AvgIpc) is 3.04. The molecule has 3 heterocycles. The van der Waals surface area contributed by atoms with Crippen LogP contribution in [0.3, 0.4) is 0 Å². The van der Waals surface area contributed by atoms with Crippen LogP contribution in [-0.4, -0.2) is 56.9 Å². The van der Waals surface area contributed by atoms with Crippen LogP contribution in [0.5, 0.6) is 0 Å². The fraction of sp³-hybridized carbons (Fsp3) is 0.357. The van der Waals surface area contributed by atoms with E-state index in [0.29, 0.717) is 19.6 Å². The van der Waals surface area contributed by atoms with Gasteiger partial charge < -0.3 is 15.1 Å². The average molecular weight is 484 g/mol. The number of rotatable bonds is 5. The first-order chi connectivity index (χ1) is 17.5. The topological polar surface area (TPSA) is 79.2 Å². The van der Waals surface area contributed by atoms with Crippen LogP contribution in [0, 0.1) is 13.8 Å². The lowest BCUT2D eigenvalue weighted by atomic mass is 10.2. The Morgan fingerprint density at radius 2 is 1.81 bits per heavy atom. The van der Waals surface area contributed by atoms with Crippen molar-refractivity contribution in [1.82, 2.24) is 24.6 Å². The number of carbonyl (C=O) groups is 1. The molecule has 1 aliphatic rings. The third kappa shape index (κ3) is 4.89. The van der Waals surface area contributed by atoms with E-state index in [1.165, 1.54) is 0 Å². The molecule has 0 aliphatic carbocycles. The van der Waals surface area contributed by atoms with Gasteiger partial charge in [-0.1, -0.05) is 37.3 Å². The summed E-state index contributed by atoms with van der Waals surface area (Å²) < 4.78 is 1.93. The van der Waals surface area contributed by atoms with Crippen molar-refractivity contribution in [3.63, 3.8) is 0 Å². The van der Waals surface area contributed by atoms with E-state index in [9.17, 15) is 4.79 Å². The zero-order valence-corrected chi connectivity index (χ0v) is 21.2. The highest BCUT2D eigenvalue weighted by Gasteiger charge is 2.25. The lowest BCUT2D eigenvalue weighted by molar-refractivity contribution is 0.215. The second-order valence-corrected chi connectivity index (χ2v) is 9.37. The molecular formula is C28H33N7O. The number of aromatic nitrogens is 4. The summed E-state index contributed by atoms with van der Waals surface area (Å²) in [6, 6.07) is 18.0. The van der Waals surface area contributed by atoms with Gasteiger partial charge in [-0.2, -0.15) is 5.10 Å². The van der Waals surface area contributed by atoms with E-state index < -0.39 is 0 Å². The van der Waals surface area contributed by atoms with Gasteiger partial charge in [0.15, 0.2) is 5.65 Å². The van der Waals surface area contributed by atoms with E-state index in [1.807, 2.05) is 78.0 Å². The number of nitrogens with one attached hydrogen (secondary N) is 1. The van der Waals surface area contributed by atoms with Gasteiger partial charge in [-0.25, -0.2) is 19.4 Å². The Morgan fingerprint density at radius 3 is 2.58 bits per heavy atom. The Morgan fingerprint density at radius 1 is 0.972 bits per heavy atom. The van der Waals surface area contributed by atoms with E-state index in [0.717, 1.165) is 71.1 Å². The minimum absolute atomic E-state index is 0.0602. The molecule has 2 amide bonds. The van der Waals surface area contributed by atoms with Crippen molar-refractivity contribution in [2.75, 3.05) is 36.4 Å². The van der Waals surface area contributed by atoms with Crippen molar-refractivity contribution in [2.24, 2.45) is 0 Å². The number of para-hydroxylation sites is 1. The summed E-state index contributed by atoms with van der Waals surface area (Å²) in [4.78, 5) is 27.1. The first kappa shape index (κ1) is 23.8. The highest BCUT2D eigenvalue weighted by Crippen LogP contribution is 2.30.